The second-order valence-electron chi connectivity index (χ2n) is 4.10. The van der Waals surface area contributed by atoms with Crippen LogP contribution in [0.3, 0.4) is 0 Å². The molecule has 0 aliphatic rings. The van der Waals surface area contributed by atoms with E-state index in [1.807, 2.05) is 13.0 Å². The van der Waals surface area contributed by atoms with Crippen LogP contribution in [-0.4, -0.2) is 4.98 Å². The molecule has 0 unspecified atom stereocenters. The zero-order valence-corrected chi connectivity index (χ0v) is 12.3. The Morgan fingerprint density at radius 3 is 2.47 bits per heavy atom. The van der Waals surface area contributed by atoms with E-state index in [2.05, 4.69) is 11.1 Å². The van der Waals surface area contributed by atoms with E-state index in [1.54, 1.807) is 18.3 Å². The van der Waals surface area contributed by atoms with Gasteiger partial charge in [-0.05, 0) is 30.2 Å². The van der Waals surface area contributed by atoms with Crippen LogP contribution in [0.5, 0.6) is 0 Å². The fraction of sp³-hybridized carbons (Fsp3) is 0.143. The van der Waals surface area contributed by atoms with Gasteiger partial charge in [-0.25, -0.2) is 0 Å². The molecular formula is C14H9Cl3N2. The largest absolute Gasteiger partial charge is 0.256 e. The lowest BCUT2D eigenvalue weighted by molar-refractivity contribution is 1.17. The van der Waals surface area contributed by atoms with Crippen LogP contribution in [0.4, 0.5) is 0 Å². The Labute approximate surface area is 126 Å². The molecule has 1 aromatic carbocycles. The molecular weight excluding hydrogens is 303 g/mol. The van der Waals surface area contributed by atoms with Crippen molar-refractivity contribution in [2.75, 3.05) is 0 Å². The molecule has 0 saturated carbocycles. The molecule has 0 fully saturated rings. The van der Waals surface area contributed by atoms with Crippen molar-refractivity contribution in [1.82, 2.24) is 4.98 Å². The lowest BCUT2D eigenvalue weighted by Crippen LogP contribution is -1.95. The molecule has 0 bridgehead atoms. The highest BCUT2D eigenvalue weighted by Gasteiger charge is 2.13. The Kier molecular flexibility index (Phi) is 4.31. The lowest BCUT2D eigenvalue weighted by atomic mass is 10.0. The van der Waals surface area contributed by atoms with Gasteiger partial charge in [0.25, 0.3) is 0 Å². The van der Waals surface area contributed by atoms with Gasteiger partial charge in [0.2, 0.25) is 0 Å². The van der Waals surface area contributed by atoms with E-state index >= 15 is 0 Å². The van der Waals surface area contributed by atoms with Crippen LogP contribution in [0.15, 0.2) is 24.4 Å². The molecule has 0 aliphatic carbocycles. The Bertz CT molecular complexity index is 675. The fourth-order valence-corrected chi connectivity index (χ4v) is 2.43. The van der Waals surface area contributed by atoms with Gasteiger partial charge >= 0.3 is 0 Å². The van der Waals surface area contributed by atoms with Gasteiger partial charge in [-0.3, -0.25) is 4.98 Å². The van der Waals surface area contributed by atoms with Crippen molar-refractivity contribution in [3.63, 3.8) is 0 Å². The Morgan fingerprint density at radius 2 is 1.79 bits per heavy atom. The summed E-state index contributed by atoms with van der Waals surface area (Å²) in [5.41, 5.74) is 3.16. The summed E-state index contributed by atoms with van der Waals surface area (Å²) in [5.74, 6) is 0. The molecule has 2 aromatic rings. The molecule has 5 heteroatoms. The number of aromatic nitrogens is 1. The van der Waals surface area contributed by atoms with E-state index in [9.17, 15) is 0 Å². The lowest BCUT2D eigenvalue weighted by Gasteiger charge is -2.10. The van der Waals surface area contributed by atoms with E-state index in [4.69, 9.17) is 40.1 Å². The molecule has 2 nitrogen and oxygen atoms in total. The first-order valence-electron chi connectivity index (χ1n) is 5.50. The van der Waals surface area contributed by atoms with Crippen molar-refractivity contribution in [3.05, 3.63) is 50.6 Å². The molecule has 0 saturated heterocycles. The number of hydrogen-bond acceptors (Lipinski definition) is 2. The van der Waals surface area contributed by atoms with Gasteiger partial charge in [-0.1, -0.05) is 40.9 Å². The van der Waals surface area contributed by atoms with Crippen molar-refractivity contribution in [3.8, 4) is 17.3 Å². The average molecular weight is 312 g/mol. The number of nitrogens with zero attached hydrogens (tertiary/aromatic N) is 2. The normalized spacial score (nSPS) is 10.3. The second kappa shape index (κ2) is 5.79. The molecule has 1 heterocycles. The molecule has 0 amide bonds. The van der Waals surface area contributed by atoms with Crippen LogP contribution in [0.2, 0.25) is 15.1 Å². The Hall–Kier alpha value is -1.27. The van der Waals surface area contributed by atoms with Gasteiger partial charge in [0.15, 0.2) is 0 Å². The fourth-order valence-electron chi connectivity index (χ4n) is 1.80. The van der Waals surface area contributed by atoms with Crippen LogP contribution in [0.25, 0.3) is 11.3 Å². The molecule has 0 atom stereocenters. The number of aryl methyl sites for hydroxylation is 1. The van der Waals surface area contributed by atoms with E-state index in [0.717, 1.165) is 11.1 Å². The van der Waals surface area contributed by atoms with E-state index < -0.39 is 0 Å². The van der Waals surface area contributed by atoms with Crippen molar-refractivity contribution in [2.45, 2.75) is 13.3 Å². The van der Waals surface area contributed by atoms with E-state index in [1.165, 1.54) is 0 Å². The molecule has 0 aliphatic heterocycles. The quantitative estimate of drug-likeness (QED) is 0.725. The average Bonchev–Trinajstić information content (AvgIpc) is 2.35. The summed E-state index contributed by atoms with van der Waals surface area (Å²) in [6, 6.07) is 7.30. The topological polar surface area (TPSA) is 36.7 Å². The molecule has 19 heavy (non-hydrogen) atoms. The third kappa shape index (κ3) is 3.01. The monoisotopic (exact) mass is 310 g/mol. The highest BCUT2D eigenvalue weighted by molar-refractivity contribution is 6.44. The van der Waals surface area contributed by atoms with Crippen LogP contribution in [0.1, 0.15) is 11.1 Å². The van der Waals surface area contributed by atoms with Gasteiger partial charge in [-0.2, -0.15) is 5.26 Å². The maximum atomic E-state index is 8.89. The molecule has 0 radical (unpaired) electrons. The van der Waals surface area contributed by atoms with E-state index in [-0.39, 0.29) is 6.42 Å². The highest BCUT2D eigenvalue weighted by atomic mass is 35.5. The third-order valence-electron chi connectivity index (χ3n) is 2.64. The summed E-state index contributed by atoms with van der Waals surface area (Å²) in [6.45, 7) is 1.92. The smallest absolute Gasteiger partial charge is 0.0760 e. The maximum Gasteiger partial charge on any atom is 0.0760 e. The van der Waals surface area contributed by atoms with Crippen molar-refractivity contribution in [2.24, 2.45) is 0 Å². The summed E-state index contributed by atoms with van der Waals surface area (Å²) in [6.07, 6.45) is 2.00. The summed E-state index contributed by atoms with van der Waals surface area (Å²) < 4.78 is 0. The zero-order valence-electron chi connectivity index (χ0n) is 10.0. The van der Waals surface area contributed by atoms with Gasteiger partial charge < -0.3 is 0 Å². The minimum Gasteiger partial charge on any atom is -0.256 e. The summed E-state index contributed by atoms with van der Waals surface area (Å²) >= 11 is 18.1. The predicted molar refractivity (Wildman–Crippen MR) is 78.8 cm³/mol. The van der Waals surface area contributed by atoms with Crippen LogP contribution in [-0.2, 0) is 6.42 Å². The van der Waals surface area contributed by atoms with Crippen molar-refractivity contribution >= 4 is 34.8 Å². The minimum absolute atomic E-state index is 0.264. The van der Waals surface area contributed by atoms with Gasteiger partial charge in [0, 0.05) is 11.8 Å². The standard InChI is InChI=1S/C14H9Cl3N2/c1-8-4-9(2-3-18)14(19-7-8)10-5-12(16)13(17)6-11(10)15/h4-7H,2H2,1H3. The number of pyridine rings is 1. The number of halogens is 3. The number of nitriles is 1. The Morgan fingerprint density at radius 1 is 1.11 bits per heavy atom. The van der Waals surface area contributed by atoms with Crippen molar-refractivity contribution in [1.29, 1.82) is 5.26 Å². The predicted octanol–water partition coefficient (Wildman–Crippen LogP) is 5.08. The molecule has 96 valence electrons. The van der Waals surface area contributed by atoms with Crippen LogP contribution in [0, 0.1) is 18.3 Å². The summed E-state index contributed by atoms with van der Waals surface area (Å²) in [4.78, 5) is 4.36. The van der Waals surface area contributed by atoms with Gasteiger partial charge in [-0.15, -0.1) is 0 Å². The third-order valence-corrected chi connectivity index (χ3v) is 3.67. The summed E-state index contributed by atoms with van der Waals surface area (Å²) in [5, 5.41) is 10.2. The minimum atomic E-state index is 0.264. The Balaban J connectivity index is 2.65. The number of benzene rings is 1. The summed E-state index contributed by atoms with van der Waals surface area (Å²) in [7, 11) is 0. The van der Waals surface area contributed by atoms with Crippen molar-refractivity contribution < 1.29 is 0 Å². The first-order chi connectivity index (χ1) is 9.02. The molecule has 0 spiro atoms. The van der Waals surface area contributed by atoms with Gasteiger partial charge in [0.05, 0.1) is 33.3 Å². The molecule has 2 rings (SSSR count). The first kappa shape index (κ1) is 14.1. The molecule has 0 N–H and O–H groups in total. The number of hydrogen-bond donors (Lipinski definition) is 0. The zero-order chi connectivity index (χ0) is 14.0. The van der Waals surface area contributed by atoms with Crippen LogP contribution < -0.4 is 0 Å². The SMILES string of the molecule is Cc1cnc(-c2cc(Cl)c(Cl)cc2Cl)c(CC#N)c1. The maximum absolute atomic E-state index is 8.89. The van der Waals surface area contributed by atoms with Crippen LogP contribution >= 0.6 is 34.8 Å². The number of rotatable bonds is 2. The first-order valence-corrected chi connectivity index (χ1v) is 6.63. The highest BCUT2D eigenvalue weighted by Crippen LogP contribution is 2.35. The van der Waals surface area contributed by atoms with E-state index in [0.29, 0.717) is 26.3 Å². The molecule has 1 aromatic heterocycles. The van der Waals surface area contributed by atoms with Gasteiger partial charge in [0.1, 0.15) is 0 Å². The second-order valence-corrected chi connectivity index (χ2v) is 5.32.